The lowest BCUT2D eigenvalue weighted by molar-refractivity contribution is 0.944. The molecule has 32 heavy (non-hydrogen) atoms. The minimum absolute atomic E-state index is 0.539. The molecule has 2 aromatic heterocycles. The maximum atomic E-state index is 6.04. The Morgan fingerprint density at radius 3 is 2.22 bits per heavy atom. The zero-order valence-electron chi connectivity index (χ0n) is 16.8. The molecule has 5 aromatic rings. The van der Waals surface area contributed by atoms with E-state index in [4.69, 9.17) is 28.8 Å². The van der Waals surface area contributed by atoms with Gasteiger partial charge in [0.1, 0.15) is 5.82 Å². The summed E-state index contributed by atoms with van der Waals surface area (Å²) in [4.78, 5) is 8.41. The zero-order valence-corrected chi connectivity index (χ0v) is 19.2. The molecular weight excluding hydrogens is 458 g/mol. The van der Waals surface area contributed by atoms with E-state index in [-0.39, 0.29) is 0 Å². The Morgan fingerprint density at radius 2 is 1.53 bits per heavy atom. The monoisotopic (exact) mass is 475 g/mol. The van der Waals surface area contributed by atoms with Crippen molar-refractivity contribution in [3.8, 4) is 28.2 Å². The molecule has 0 atom stereocenters. The van der Waals surface area contributed by atoms with Crippen LogP contribution in [0.15, 0.2) is 90.1 Å². The zero-order chi connectivity index (χ0) is 21.9. The van der Waals surface area contributed by atoms with Crippen molar-refractivity contribution in [3.05, 3.63) is 101 Å². The number of benzene rings is 3. The lowest BCUT2D eigenvalue weighted by atomic mass is 10.1. The van der Waals surface area contributed by atoms with Crippen molar-refractivity contribution in [3.63, 3.8) is 0 Å². The molecule has 0 bridgehead atoms. The quantitative estimate of drug-likeness (QED) is 0.206. The lowest BCUT2D eigenvalue weighted by Gasteiger charge is -2.06. The van der Waals surface area contributed by atoms with Crippen LogP contribution in [0.3, 0.4) is 0 Å². The summed E-state index contributed by atoms with van der Waals surface area (Å²) in [7, 11) is 0. The number of rotatable bonds is 6. The summed E-state index contributed by atoms with van der Waals surface area (Å²) in [6, 6.07) is 28.0. The Bertz CT molecular complexity index is 1330. The first-order valence-electron chi connectivity index (χ1n) is 9.95. The van der Waals surface area contributed by atoms with Crippen LogP contribution >= 0.6 is 35.6 Å². The molecule has 2 N–H and O–H groups in total. The van der Waals surface area contributed by atoms with Gasteiger partial charge in [0.15, 0.2) is 9.93 Å². The van der Waals surface area contributed by atoms with Crippen molar-refractivity contribution in [2.45, 2.75) is 10.9 Å². The van der Waals surface area contributed by atoms with Crippen LogP contribution in [0.25, 0.3) is 28.2 Å². The highest BCUT2D eigenvalue weighted by Gasteiger charge is 2.16. The van der Waals surface area contributed by atoms with Crippen molar-refractivity contribution in [2.75, 3.05) is 0 Å². The van der Waals surface area contributed by atoms with E-state index in [2.05, 4.69) is 39.4 Å². The number of H-pyrrole nitrogens is 2. The summed E-state index contributed by atoms with van der Waals surface area (Å²) in [5.74, 6) is 1.40. The topological polar surface area (TPSA) is 62.3 Å². The average Bonchev–Trinajstić information content (AvgIpc) is 3.43. The number of hydrogen-bond donors (Lipinski definition) is 2. The summed E-state index contributed by atoms with van der Waals surface area (Å²) >= 11 is 13.1. The smallest absolute Gasteiger partial charge is 0.199 e. The highest BCUT2D eigenvalue weighted by atomic mass is 35.5. The standard InChI is InChI=1S/C24H18ClN5S2/c25-18-11-13-19(14-12-18)30-20(28-29-24(30)31)15-32-23-26-21(16-7-3-1-4-8-16)22(27-23)17-9-5-2-6-10-17/h1-14H,15H2,(H,26,27)(H,29,31). The van der Waals surface area contributed by atoms with E-state index in [0.717, 1.165) is 39.2 Å². The molecule has 0 aliphatic rings. The van der Waals surface area contributed by atoms with Gasteiger partial charge in [0.25, 0.3) is 0 Å². The molecule has 0 radical (unpaired) electrons. The number of aromatic amines is 2. The molecule has 5 rings (SSSR count). The fourth-order valence-corrected chi connectivity index (χ4v) is 4.63. The molecule has 0 aliphatic carbocycles. The molecule has 2 heterocycles. The normalized spacial score (nSPS) is 11.0. The Balaban J connectivity index is 1.47. The highest BCUT2D eigenvalue weighted by molar-refractivity contribution is 7.98. The molecule has 0 fully saturated rings. The van der Waals surface area contributed by atoms with Crippen LogP contribution in [-0.4, -0.2) is 24.7 Å². The van der Waals surface area contributed by atoms with E-state index in [1.807, 2.05) is 65.2 Å². The molecule has 0 saturated heterocycles. The van der Waals surface area contributed by atoms with Gasteiger partial charge in [-0.1, -0.05) is 84.0 Å². The van der Waals surface area contributed by atoms with Gasteiger partial charge in [-0.2, -0.15) is 5.10 Å². The van der Waals surface area contributed by atoms with Crippen LogP contribution in [0, 0.1) is 4.77 Å². The summed E-state index contributed by atoms with van der Waals surface area (Å²) in [5, 5.41) is 8.82. The van der Waals surface area contributed by atoms with Crippen LogP contribution in [0.1, 0.15) is 5.82 Å². The first-order valence-corrected chi connectivity index (χ1v) is 11.7. The third-order valence-corrected chi connectivity index (χ3v) is 6.35. The van der Waals surface area contributed by atoms with Gasteiger partial charge in [-0.05, 0) is 36.5 Å². The molecule has 0 spiro atoms. The van der Waals surface area contributed by atoms with E-state index in [1.54, 1.807) is 11.8 Å². The summed E-state index contributed by atoms with van der Waals surface area (Å²) in [6.07, 6.45) is 0. The van der Waals surface area contributed by atoms with Gasteiger partial charge < -0.3 is 4.98 Å². The minimum atomic E-state index is 0.539. The second-order valence-corrected chi connectivity index (χ2v) is 8.83. The van der Waals surface area contributed by atoms with Crippen molar-refractivity contribution in [1.82, 2.24) is 24.7 Å². The molecule has 8 heteroatoms. The molecule has 5 nitrogen and oxygen atoms in total. The summed E-state index contributed by atoms with van der Waals surface area (Å²) in [5.41, 5.74) is 5.00. The second-order valence-electron chi connectivity index (χ2n) is 7.04. The third-order valence-electron chi connectivity index (χ3n) is 4.96. The fraction of sp³-hybridized carbons (Fsp3) is 0.0417. The van der Waals surface area contributed by atoms with Gasteiger partial charge in [0.05, 0.1) is 17.1 Å². The molecule has 0 aliphatic heterocycles. The Kier molecular flexibility index (Phi) is 5.94. The first kappa shape index (κ1) is 20.8. The molecular formula is C24H18ClN5S2. The van der Waals surface area contributed by atoms with Gasteiger partial charge in [0.2, 0.25) is 0 Å². The second kappa shape index (κ2) is 9.16. The molecule has 3 aromatic carbocycles. The van der Waals surface area contributed by atoms with E-state index < -0.39 is 0 Å². The van der Waals surface area contributed by atoms with E-state index in [0.29, 0.717) is 15.5 Å². The number of aromatic nitrogens is 5. The molecule has 0 amide bonds. The van der Waals surface area contributed by atoms with Gasteiger partial charge in [-0.3, -0.25) is 9.67 Å². The highest BCUT2D eigenvalue weighted by Crippen LogP contribution is 2.33. The van der Waals surface area contributed by atoms with Crippen LogP contribution in [-0.2, 0) is 5.75 Å². The summed E-state index contributed by atoms with van der Waals surface area (Å²) in [6.45, 7) is 0. The van der Waals surface area contributed by atoms with Gasteiger partial charge in [0, 0.05) is 21.8 Å². The predicted octanol–water partition coefficient (Wildman–Crippen LogP) is 6.93. The van der Waals surface area contributed by atoms with E-state index in [1.165, 1.54) is 0 Å². The maximum absolute atomic E-state index is 6.04. The van der Waals surface area contributed by atoms with Gasteiger partial charge >= 0.3 is 0 Å². The van der Waals surface area contributed by atoms with Crippen LogP contribution in [0.2, 0.25) is 5.02 Å². The molecule has 0 unspecified atom stereocenters. The fourth-order valence-electron chi connectivity index (χ4n) is 3.45. The minimum Gasteiger partial charge on any atom is -0.332 e. The van der Waals surface area contributed by atoms with E-state index >= 15 is 0 Å². The maximum Gasteiger partial charge on any atom is 0.199 e. The van der Waals surface area contributed by atoms with Gasteiger partial charge in [-0.15, -0.1) is 0 Å². The molecule has 158 valence electrons. The number of nitrogens with zero attached hydrogens (tertiary/aromatic N) is 3. The molecule has 0 saturated carbocycles. The first-order chi connectivity index (χ1) is 15.7. The largest absolute Gasteiger partial charge is 0.332 e. The van der Waals surface area contributed by atoms with Crippen LogP contribution in [0.4, 0.5) is 0 Å². The predicted molar refractivity (Wildman–Crippen MR) is 133 cm³/mol. The number of hydrogen-bond acceptors (Lipinski definition) is 4. The SMILES string of the molecule is S=c1[nH]nc(CSc2nc(-c3ccccc3)c(-c3ccccc3)[nH]2)n1-c1ccc(Cl)cc1. The van der Waals surface area contributed by atoms with E-state index in [9.17, 15) is 0 Å². The Morgan fingerprint density at radius 1 is 0.875 bits per heavy atom. The number of imidazole rings is 1. The Labute approximate surface area is 199 Å². The van der Waals surface area contributed by atoms with Crippen molar-refractivity contribution in [2.24, 2.45) is 0 Å². The van der Waals surface area contributed by atoms with Gasteiger partial charge in [-0.25, -0.2) is 4.98 Å². The summed E-state index contributed by atoms with van der Waals surface area (Å²) < 4.78 is 2.45. The number of halogens is 1. The lowest BCUT2D eigenvalue weighted by Crippen LogP contribution is -2.00. The number of thioether (sulfide) groups is 1. The average molecular weight is 476 g/mol. The third kappa shape index (κ3) is 4.27. The Hall–Kier alpha value is -3.13. The van der Waals surface area contributed by atoms with Crippen LogP contribution < -0.4 is 0 Å². The van der Waals surface area contributed by atoms with Crippen LogP contribution in [0.5, 0.6) is 0 Å². The van der Waals surface area contributed by atoms with Crippen molar-refractivity contribution >= 4 is 35.6 Å². The van der Waals surface area contributed by atoms with Crippen molar-refractivity contribution in [1.29, 1.82) is 0 Å². The number of nitrogens with one attached hydrogen (secondary N) is 2. The van der Waals surface area contributed by atoms with Crippen molar-refractivity contribution < 1.29 is 0 Å².